The van der Waals surface area contributed by atoms with Crippen LogP contribution >= 0.6 is 0 Å². The number of carbonyl (C=O) groups excluding carboxylic acids is 1. The molecule has 3 heterocycles. The standard InChI is InChI=1S/C16H17N5O/c22-16(12-2-1-3-13-15(12)20-10-19-13)18-8-11-4-5-14-17-6-7-21(14)9-11/h1-3,6-7,10-11H,4-5,8-9H2,(H,18,22)(H,19,20). The first-order valence-electron chi connectivity index (χ1n) is 7.51. The van der Waals surface area contributed by atoms with Crippen molar-refractivity contribution in [2.75, 3.05) is 6.54 Å². The van der Waals surface area contributed by atoms with Crippen LogP contribution in [0, 0.1) is 5.92 Å². The second-order valence-electron chi connectivity index (χ2n) is 5.71. The molecule has 1 unspecified atom stereocenters. The third-order valence-electron chi connectivity index (χ3n) is 4.28. The van der Waals surface area contributed by atoms with Crippen LogP contribution in [0.1, 0.15) is 22.6 Å². The summed E-state index contributed by atoms with van der Waals surface area (Å²) in [4.78, 5) is 24.0. The van der Waals surface area contributed by atoms with E-state index in [9.17, 15) is 4.79 Å². The average molecular weight is 295 g/mol. The molecule has 2 N–H and O–H groups in total. The summed E-state index contributed by atoms with van der Waals surface area (Å²) in [5.41, 5.74) is 2.23. The highest BCUT2D eigenvalue weighted by molar-refractivity contribution is 6.04. The highest BCUT2D eigenvalue weighted by Crippen LogP contribution is 2.19. The number of nitrogens with zero attached hydrogens (tertiary/aromatic N) is 3. The minimum absolute atomic E-state index is 0.0610. The molecule has 0 bridgehead atoms. The number of aromatic nitrogens is 4. The number of benzene rings is 1. The number of amides is 1. The fourth-order valence-electron chi connectivity index (χ4n) is 3.08. The normalized spacial score (nSPS) is 17.4. The van der Waals surface area contributed by atoms with Gasteiger partial charge in [0.05, 0.1) is 17.4 Å². The minimum atomic E-state index is -0.0610. The highest BCUT2D eigenvalue weighted by Gasteiger charge is 2.20. The quantitative estimate of drug-likeness (QED) is 0.773. The van der Waals surface area contributed by atoms with Gasteiger partial charge in [-0.15, -0.1) is 0 Å². The lowest BCUT2D eigenvalue weighted by Crippen LogP contribution is -2.33. The van der Waals surface area contributed by atoms with Gasteiger partial charge in [-0.1, -0.05) is 6.07 Å². The molecule has 0 saturated carbocycles. The Balaban J connectivity index is 1.44. The number of nitrogens with one attached hydrogen (secondary N) is 2. The zero-order chi connectivity index (χ0) is 14.9. The predicted octanol–water partition coefficient (Wildman–Crippen LogP) is 1.75. The monoisotopic (exact) mass is 295 g/mol. The van der Waals surface area contributed by atoms with Crippen LogP contribution in [-0.4, -0.2) is 32.0 Å². The van der Waals surface area contributed by atoms with Gasteiger partial charge in [0.15, 0.2) is 0 Å². The van der Waals surface area contributed by atoms with Crippen molar-refractivity contribution < 1.29 is 4.79 Å². The fraction of sp³-hybridized carbons (Fsp3) is 0.312. The number of aryl methyl sites for hydroxylation is 1. The Morgan fingerprint density at radius 2 is 2.36 bits per heavy atom. The van der Waals surface area contributed by atoms with E-state index < -0.39 is 0 Å². The maximum Gasteiger partial charge on any atom is 0.253 e. The molecule has 0 aliphatic carbocycles. The molecule has 1 amide bonds. The van der Waals surface area contributed by atoms with E-state index in [1.54, 1.807) is 6.33 Å². The second-order valence-corrected chi connectivity index (χ2v) is 5.71. The molecule has 6 nitrogen and oxygen atoms in total. The molecule has 1 aromatic carbocycles. The molecular formula is C16H17N5O. The van der Waals surface area contributed by atoms with E-state index in [-0.39, 0.29) is 5.91 Å². The molecule has 22 heavy (non-hydrogen) atoms. The van der Waals surface area contributed by atoms with Crippen LogP contribution in [0.2, 0.25) is 0 Å². The van der Waals surface area contributed by atoms with Gasteiger partial charge in [0.1, 0.15) is 11.3 Å². The SMILES string of the molecule is O=C(NCC1CCc2nccn2C1)c1cccc2[nH]cnc12. The van der Waals surface area contributed by atoms with Crippen molar-refractivity contribution >= 4 is 16.9 Å². The van der Waals surface area contributed by atoms with Gasteiger partial charge in [-0.3, -0.25) is 4.79 Å². The fourth-order valence-corrected chi connectivity index (χ4v) is 3.08. The predicted molar refractivity (Wildman–Crippen MR) is 82.5 cm³/mol. The van der Waals surface area contributed by atoms with E-state index in [1.165, 1.54) is 0 Å². The third-order valence-corrected chi connectivity index (χ3v) is 4.28. The maximum atomic E-state index is 12.4. The topological polar surface area (TPSA) is 75.6 Å². The van der Waals surface area contributed by atoms with Gasteiger partial charge in [0.25, 0.3) is 5.91 Å². The van der Waals surface area contributed by atoms with E-state index in [2.05, 4.69) is 24.8 Å². The Hall–Kier alpha value is -2.63. The molecule has 2 aromatic heterocycles. The van der Waals surface area contributed by atoms with Crippen molar-refractivity contribution in [3.05, 3.63) is 48.3 Å². The van der Waals surface area contributed by atoms with Crippen LogP contribution in [0.5, 0.6) is 0 Å². The summed E-state index contributed by atoms with van der Waals surface area (Å²) in [6.07, 6.45) is 7.50. The number of fused-ring (bicyclic) bond motifs is 2. The van der Waals surface area contributed by atoms with Crippen LogP contribution in [0.4, 0.5) is 0 Å². The van der Waals surface area contributed by atoms with Gasteiger partial charge in [-0.25, -0.2) is 9.97 Å². The number of rotatable bonds is 3. The third kappa shape index (κ3) is 2.26. The zero-order valence-corrected chi connectivity index (χ0v) is 12.1. The van der Waals surface area contributed by atoms with Crippen molar-refractivity contribution in [1.82, 2.24) is 24.8 Å². The molecule has 0 fully saturated rings. The Labute approximate surface area is 127 Å². The first kappa shape index (κ1) is 13.1. The molecule has 1 atom stereocenters. The molecule has 6 heteroatoms. The average Bonchev–Trinajstić information content (AvgIpc) is 3.20. The van der Waals surface area contributed by atoms with Gasteiger partial charge in [-0.2, -0.15) is 0 Å². The summed E-state index contributed by atoms with van der Waals surface area (Å²) in [5.74, 6) is 1.53. The summed E-state index contributed by atoms with van der Waals surface area (Å²) >= 11 is 0. The zero-order valence-electron chi connectivity index (χ0n) is 12.1. The van der Waals surface area contributed by atoms with E-state index >= 15 is 0 Å². The minimum Gasteiger partial charge on any atom is -0.352 e. The van der Waals surface area contributed by atoms with Crippen molar-refractivity contribution in [1.29, 1.82) is 0 Å². The first-order chi connectivity index (χ1) is 10.8. The Morgan fingerprint density at radius 3 is 3.32 bits per heavy atom. The Kier molecular flexibility index (Phi) is 3.14. The second kappa shape index (κ2) is 5.29. The largest absolute Gasteiger partial charge is 0.352 e. The number of aromatic amines is 1. The number of para-hydroxylation sites is 1. The Bertz CT molecular complexity index is 819. The molecule has 0 radical (unpaired) electrons. The van der Waals surface area contributed by atoms with Crippen LogP contribution in [0.25, 0.3) is 11.0 Å². The number of imidazole rings is 2. The van der Waals surface area contributed by atoms with Crippen molar-refractivity contribution in [2.45, 2.75) is 19.4 Å². The Morgan fingerprint density at radius 1 is 1.41 bits per heavy atom. The summed E-state index contributed by atoms with van der Waals surface area (Å²) < 4.78 is 2.18. The molecule has 1 aliphatic heterocycles. The van der Waals surface area contributed by atoms with Crippen molar-refractivity contribution in [2.24, 2.45) is 5.92 Å². The molecule has 1 aliphatic rings. The number of hydrogen-bond acceptors (Lipinski definition) is 3. The first-order valence-corrected chi connectivity index (χ1v) is 7.51. The van der Waals surface area contributed by atoms with E-state index in [4.69, 9.17) is 0 Å². The summed E-state index contributed by atoms with van der Waals surface area (Å²) in [5, 5.41) is 3.05. The maximum absolute atomic E-state index is 12.4. The van der Waals surface area contributed by atoms with Gasteiger partial charge in [0, 0.05) is 31.9 Å². The lowest BCUT2D eigenvalue weighted by molar-refractivity contribution is 0.0945. The summed E-state index contributed by atoms with van der Waals surface area (Å²) in [6.45, 7) is 1.60. The highest BCUT2D eigenvalue weighted by atomic mass is 16.1. The van der Waals surface area contributed by atoms with Gasteiger partial charge < -0.3 is 14.9 Å². The molecule has 3 aromatic rings. The van der Waals surface area contributed by atoms with Crippen LogP contribution in [0.3, 0.4) is 0 Å². The smallest absolute Gasteiger partial charge is 0.253 e. The van der Waals surface area contributed by atoms with E-state index in [0.29, 0.717) is 18.0 Å². The lowest BCUT2D eigenvalue weighted by Gasteiger charge is -2.24. The number of H-pyrrole nitrogens is 1. The molecule has 4 rings (SSSR count). The lowest BCUT2D eigenvalue weighted by atomic mass is 9.99. The van der Waals surface area contributed by atoms with Gasteiger partial charge in [-0.05, 0) is 24.5 Å². The van der Waals surface area contributed by atoms with Crippen molar-refractivity contribution in [3.63, 3.8) is 0 Å². The van der Waals surface area contributed by atoms with Gasteiger partial charge >= 0.3 is 0 Å². The van der Waals surface area contributed by atoms with Gasteiger partial charge in [0.2, 0.25) is 0 Å². The van der Waals surface area contributed by atoms with Crippen LogP contribution < -0.4 is 5.32 Å². The molecular weight excluding hydrogens is 278 g/mol. The molecule has 0 saturated heterocycles. The van der Waals surface area contributed by atoms with Crippen LogP contribution in [-0.2, 0) is 13.0 Å². The van der Waals surface area contributed by atoms with Crippen molar-refractivity contribution in [3.8, 4) is 0 Å². The summed E-state index contributed by atoms with van der Waals surface area (Å²) in [6, 6.07) is 5.60. The van der Waals surface area contributed by atoms with E-state index in [0.717, 1.165) is 36.2 Å². The summed E-state index contributed by atoms with van der Waals surface area (Å²) in [7, 11) is 0. The van der Waals surface area contributed by atoms with Crippen LogP contribution in [0.15, 0.2) is 36.9 Å². The number of carbonyl (C=O) groups is 1. The van der Waals surface area contributed by atoms with E-state index in [1.807, 2.05) is 30.6 Å². The molecule has 0 spiro atoms. The number of hydrogen-bond donors (Lipinski definition) is 2. The molecule has 112 valence electrons.